The lowest BCUT2D eigenvalue weighted by atomic mass is 10.1. The van der Waals surface area contributed by atoms with Gasteiger partial charge in [-0.15, -0.1) is 0 Å². The largest absolute Gasteiger partial charge is 0.354 e. The molecule has 0 aliphatic carbocycles. The van der Waals surface area contributed by atoms with Gasteiger partial charge in [0.05, 0.1) is 11.3 Å². The first-order valence-electron chi connectivity index (χ1n) is 8.45. The Balaban J connectivity index is 1.55. The third-order valence-electron chi connectivity index (χ3n) is 3.98. The molecule has 0 unspecified atom stereocenters. The molecule has 1 aliphatic heterocycles. The van der Waals surface area contributed by atoms with E-state index < -0.39 is 17.0 Å². The van der Waals surface area contributed by atoms with Gasteiger partial charge in [-0.3, -0.25) is 19.3 Å². The number of thioether (sulfide) groups is 1. The number of hydrogen-bond acceptors (Lipinski definition) is 4. The molecule has 0 aromatic heterocycles. The molecule has 28 heavy (non-hydrogen) atoms. The van der Waals surface area contributed by atoms with Gasteiger partial charge in [-0.25, -0.2) is 4.39 Å². The molecule has 3 rings (SSSR count). The number of amides is 3. The summed E-state index contributed by atoms with van der Waals surface area (Å²) in [5.74, 6) is -1.15. The van der Waals surface area contributed by atoms with E-state index in [1.165, 1.54) is 18.2 Å². The lowest BCUT2D eigenvalue weighted by molar-refractivity contribution is -0.124. The average molecular weight is 463 g/mol. The Bertz CT molecular complexity index is 964. The van der Waals surface area contributed by atoms with Crippen molar-refractivity contribution in [3.8, 4) is 0 Å². The van der Waals surface area contributed by atoms with Crippen molar-refractivity contribution < 1.29 is 18.8 Å². The van der Waals surface area contributed by atoms with E-state index in [4.69, 9.17) is 0 Å². The lowest BCUT2D eigenvalue weighted by Gasteiger charge is -2.13. The number of benzene rings is 2. The fourth-order valence-electron chi connectivity index (χ4n) is 2.63. The fraction of sp³-hybridized carbons (Fsp3) is 0.150. The van der Waals surface area contributed by atoms with Crippen LogP contribution < -0.4 is 5.32 Å². The van der Waals surface area contributed by atoms with Gasteiger partial charge >= 0.3 is 0 Å². The maximum absolute atomic E-state index is 13.7. The number of hydrogen-bond donors (Lipinski definition) is 1. The van der Waals surface area contributed by atoms with E-state index in [9.17, 15) is 18.8 Å². The van der Waals surface area contributed by atoms with Crippen molar-refractivity contribution in [1.82, 2.24) is 10.2 Å². The molecule has 0 atom stereocenters. The number of halogens is 2. The molecule has 0 bridgehead atoms. The second-order valence-corrected chi connectivity index (χ2v) is 7.92. The van der Waals surface area contributed by atoms with Gasteiger partial charge in [-0.2, -0.15) is 0 Å². The summed E-state index contributed by atoms with van der Waals surface area (Å²) >= 11 is 4.11. The van der Waals surface area contributed by atoms with E-state index in [1.807, 2.05) is 24.3 Å². The van der Waals surface area contributed by atoms with Crippen LogP contribution in [0.2, 0.25) is 0 Å². The number of rotatable bonds is 6. The predicted molar refractivity (Wildman–Crippen MR) is 110 cm³/mol. The van der Waals surface area contributed by atoms with Crippen molar-refractivity contribution in [3.63, 3.8) is 0 Å². The summed E-state index contributed by atoms with van der Waals surface area (Å²) in [5.41, 5.74) is 1.10. The van der Waals surface area contributed by atoms with E-state index in [0.717, 1.165) is 26.7 Å². The third-order valence-corrected chi connectivity index (χ3v) is 5.38. The summed E-state index contributed by atoms with van der Waals surface area (Å²) in [6, 6.07) is 13.4. The number of nitrogens with one attached hydrogen (secondary N) is 1. The quantitative estimate of drug-likeness (QED) is 0.659. The molecular weight excluding hydrogens is 447 g/mol. The van der Waals surface area contributed by atoms with E-state index in [2.05, 4.69) is 21.2 Å². The Kier molecular flexibility index (Phi) is 6.64. The maximum atomic E-state index is 13.7. The maximum Gasteiger partial charge on any atom is 0.293 e. The molecule has 0 spiro atoms. The van der Waals surface area contributed by atoms with Gasteiger partial charge in [-0.05, 0) is 41.6 Å². The third kappa shape index (κ3) is 5.08. The van der Waals surface area contributed by atoms with Crippen LogP contribution in [0.3, 0.4) is 0 Å². The van der Waals surface area contributed by atoms with Crippen LogP contribution in [-0.4, -0.2) is 35.0 Å². The van der Waals surface area contributed by atoms with Gasteiger partial charge in [0, 0.05) is 23.1 Å². The van der Waals surface area contributed by atoms with Crippen LogP contribution in [0, 0.1) is 5.82 Å². The van der Waals surface area contributed by atoms with Crippen LogP contribution in [0.4, 0.5) is 9.18 Å². The molecule has 0 radical (unpaired) electrons. The SMILES string of the molecule is O=C(Cc1cccc(Br)c1)NCCN1C(=O)S/C(=C/c2ccccc2F)C1=O. The van der Waals surface area contributed by atoms with Crippen molar-refractivity contribution in [2.45, 2.75) is 6.42 Å². The first-order chi connectivity index (χ1) is 13.4. The molecule has 1 heterocycles. The van der Waals surface area contributed by atoms with Crippen molar-refractivity contribution in [3.05, 3.63) is 74.9 Å². The molecule has 8 heteroatoms. The summed E-state index contributed by atoms with van der Waals surface area (Å²) in [6.45, 7) is 0.210. The monoisotopic (exact) mass is 462 g/mol. The summed E-state index contributed by atoms with van der Waals surface area (Å²) in [4.78, 5) is 37.7. The molecule has 1 N–H and O–H groups in total. The normalized spacial score (nSPS) is 15.4. The topological polar surface area (TPSA) is 66.5 Å². The van der Waals surface area contributed by atoms with Crippen LogP contribution in [-0.2, 0) is 16.0 Å². The van der Waals surface area contributed by atoms with Crippen molar-refractivity contribution in [2.75, 3.05) is 13.1 Å². The fourth-order valence-corrected chi connectivity index (χ4v) is 3.93. The Labute approximate surface area is 174 Å². The first kappa shape index (κ1) is 20.3. The minimum Gasteiger partial charge on any atom is -0.354 e. The summed E-state index contributed by atoms with van der Waals surface area (Å²) in [6.07, 6.45) is 1.57. The number of imide groups is 1. The van der Waals surface area contributed by atoms with Gasteiger partial charge in [0.1, 0.15) is 5.82 Å². The molecule has 144 valence electrons. The standard InChI is InChI=1S/C20H16BrFN2O3S/c21-15-6-3-4-13(10-15)11-18(25)23-8-9-24-19(26)17(28-20(24)27)12-14-5-1-2-7-16(14)22/h1-7,10,12H,8-9,11H2,(H,23,25)/b17-12+. The smallest absolute Gasteiger partial charge is 0.293 e. The summed E-state index contributed by atoms with van der Waals surface area (Å²) in [7, 11) is 0. The Morgan fingerprint density at radius 2 is 1.96 bits per heavy atom. The van der Waals surface area contributed by atoms with E-state index in [1.54, 1.807) is 12.1 Å². The van der Waals surface area contributed by atoms with Crippen molar-refractivity contribution >= 4 is 50.8 Å². The molecule has 1 fully saturated rings. The predicted octanol–water partition coefficient (Wildman–Crippen LogP) is 3.98. The number of carbonyl (C=O) groups excluding carboxylic acids is 3. The Morgan fingerprint density at radius 1 is 1.18 bits per heavy atom. The van der Waals surface area contributed by atoms with Crippen molar-refractivity contribution in [2.24, 2.45) is 0 Å². The van der Waals surface area contributed by atoms with Gasteiger partial charge in [0.25, 0.3) is 11.1 Å². The van der Waals surface area contributed by atoms with Crippen LogP contribution in [0.1, 0.15) is 11.1 Å². The molecule has 5 nitrogen and oxygen atoms in total. The lowest BCUT2D eigenvalue weighted by Crippen LogP contribution is -2.37. The number of carbonyl (C=O) groups is 3. The van der Waals surface area contributed by atoms with Gasteiger partial charge < -0.3 is 5.32 Å². The molecule has 2 aromatic rings. The average Bonchev–Trinajstić information content (AvgIpc) is 2.91. The van der Waals surface area contributed by atoms with Gasteiger partial charge in [0.15, 0.2) is 0 Å². The minimum atomic E-state index is -0.487. The van der Waals surface area contributed by atoms with Crippen molar-refractivity contribution in [1.29, 1.82) is 0 Å². The molecular formula is C20H16BrFN2O3S. The second-order valence-electron chi connectivity index (χ2n) is 6.01. The van der Waals surface area contributed by atoms with Gasteiger partial charge in [-0.1, -0.05) is 46.3 Å². The van der Waals surface area contributed by atoms with Crippen LogP contribution in [0.5, 0.6) is 0 Å². The minimum absolute atomic E-state index is 0.0590. The highest BCUT2D eigenvalue weighted by atomic mass is 79.9. The Hall–Kier alpha value is -2.45. The molecule has 3 amide bonds. The van der Waals surface area contributed by atoms with E-state index >= 15 is 0 Å². The van der Waals surface area contributed by atoms with Crippen LogP contribution in [0.15, 0.2) is 57.9 Å². The molecule has 2 aromatic carbocycles. The molecule has 1 aliphatic rings. The zero-order valence-corrected chi connectivity index (χ0v) is 17.1. The second kappa shape index (κ2) is 9.16. The highest BCUT2D eigenvalue weighted by Crippen LogP contribution is 2.32. The van der Waals surface area contributed by atoms with Gasteiger partial charge in [0.2, 0.25) is 5.91 Å². The number of nitrogens with zero attached hydrogens (tertiary/aromatic N) is 1. The highest BCUT2D eigenvalue weighted by molar-refractivity contribution is 9.10. The highest BCUT2D eigenvalue weighted by Gasteiger charge is 2.34. The Morgan fingerprint density at radius 3 is 2.71 bits per heavy atom. The van der Waals surface area contributed by atoms with Crippen LogP contribution in [0.25, 0.3) is 6.08 Å². The molecule has 0 saturated carbocycles. The van der Waals surface area contributed by atoms with E-state index in [0.29, 0.717) is 0 Å². The summed E-state index contributed by atoms with van der Waals surface area (Å²) < 4.78 is 14.6. The van der Waals surface area contributed by atoms with Crippen LogP contribution >= 0.6 is 27.7 Å². The summed E-state index contributed by atoms with van der Waals surface area (Å²) in [5, 5.41) is 2.27. The molecule has 1 saturated heterocycles. The first-order valence-corrected chi connectivity index (χ1v) is 10.1. The van der Waals surface area contributed by atoms with E-state index in [-0.39, 0.29) is 35.9 Å². The zero-order valence-electron chi connectivity index (χ0n) is 14.7. The zero-order chi connectivity index (χ0) is 20.1.